The van der Waals surface area contributed by atoms with Gasteiger partial charge in [-0.1, -0.05) is 6.92 Å². The van der Waals surface area contributed by atoms with E-state index in [-0.39, 0.29) is 5.91 Å². The minimum atomic E-state index is 0.182. The maximum atomic E-state index is 11.5. The molecule has 70 valence electrons. The molecule has 2 heterocycles. The lowest BCUT2D eigenvalue weighted by atomic mass is 10.3. The minimum Gasteiger partial charge on any atom is -0.297 e. The molecule has 1 aliphatic rings. The van der Waals surface area contributed by atoms with Crippen molar-refractivity contribution in [3.63, 3.8) is 0 Å². The number of nitrogens with zero attached hydrogens (tertiary/aromatic N) is 3. The first kappa shape index (κ1) is 8.29. The maximum Gasteiger partial charge on any atom is 0.227 e. The van der Waals surface area contributed by atoms with Crippen LogP contribution in [-0.2, 0) is 11.3 Å². The minimum absolute atomic E-state index is 0.182. The number of carbonyl (C=O) groups is 1. The molecule has 0 atom stereocenters. The number of hydrogen-bond donors (Lipinski definition) is 0. The van der Waals surface area contributed by atoms with Crippen molar-refractivity contribution in [2.45, 2.75) is 26.3 Å². The SMILES string of the molecule is CCC(=O)N1CCCn2nccc21. The van der Waals surface area contributed by atoms with E-state index in [1.54, 1.807) is 6.20 Å². The van der Waals surface area contributed by atoms with Crippen molar-refractivity contribution >= 4 is 11.7 Å². The Morgan fingerprint density at radius 2 is 2.46 bits per heavy atom. The first-order valence-corrected chi connectivity index (χ1v) is 4.65. The summed E-state index contributed by atoms with van der Waals surface area (Å²) in [7, 11) is 0. The van der Waals surface area contributed by atoms with Gasteiger partial charge < -0.3 is 0 Å². The number of rotatable bonds is 1. The second-order valence-corrected chi connectivity index (χ2v) is 3.17. The lowest BCUT2D eigenvalue weighted by Crippen LogP contribution is -2.36. The van der Waals surface area contributed by atoms with Crippen molar-refractivity contribution in [2.75, 3.05) is 11.4 Å². The zero-order chi connectivity index (χ0) is 9.26. The molecule has 0 bridgehead atoms. The lowest BCUT2D eigenvalue weighted by Gasteiger charge is -2.27. The first-order valence-electron chi connectivity index (χ1n) is 4.65. The van der Waals surface area contributed by atoms with E-state index in [0.717, 1.165) is 25.3 Å². The van der Waals surface area contributed by atoms with Crippen LogP contribution in [0, 0.1) is 0 Å². The van der Waals surface area contributed by atoms with Crippen LogP contribution in [0.1, 0.15) is 19.8 Å². The van der Waals surface area contributed by atoms with Crippen molar-refractivity contribution in [1.29, 1.82) is 0 Å². The van der Waals surface area contributed by atoms with Crippen molar-refractivity contribution in [2.24, 2.45) is 0 Å². The molecule has 4 heteroatoms. The van der Waals surface area contributed by atoms with Gasteiger partial charge in [0.25, 0.3) is 0 Å². The van der Waals surface area contributed by atoms with Gasteiger partial charge in [0.1, 0.15) is 5.82 Å². The fraction of sp³-hybridized carbons (Fsp3) is 0.556. The molecular weight excluding hydrogens is 166 g/mol. The Labute approximate surface area is 77.1 Å². The van der Waals surface area contributed by atoms with Gasteiger partial charge in [-0.2, -0.15) is 5.10 Å². The molecule has 4 nitrogen and oxygen atoms in total. The lowest BCUT2D eigenvalue weighted by molar-refractivity contribution is -0.118. The summed E-state index contributed by atoms with van der Waals surface area (Å²) in [6, 6.07) is 1.90. The van der Waals surface area contributed by atoms with Gasteiger partial charge in [0, 0.05) is 25.6 Å². The van der Waals surface area contributed by atoms with Gasteiger partial charge in [-0.3, -0.25) is 9.69 Å². The van der Waals surface area contributed by atoms with Crippen molar-refractivity contribution in [3.05, 3.63) is 12.3 Å². The average molecular weight is 179 g/mol. The van der Waals surface area contributed by atoms with E-state index in [2.05, 4.69) is 5.10 Å². The maximum absolute atomic E-state index is 11.5. The largest absolute Gasteiger partial charge is 0.297 e. The monoisotopic (exact) mass is 179 g/mol. The number of hydrogen-bond acceptors (Lipinski definition) is 2. The van der Waals surface area contributed by atoms with Gasteiger partial charge in [0.15, 0.2) is 0 Å². The molecule has 1 aliphatic heterocycles. The van der Waals surface area contributed by atoms with Crippen LogP contribution in [0.15, 0.2) is 12.3 Å². The summed E-state index contributed by atoms with van der Waals surface area (Å²) >= 11 is 0. The molecule has 1 aromatic rings. The fourth-order valence-corrected chi connectivity index (χ4v) is 1.66. The highest BCUT2D eigenvalue weighted by Gasteiger charge is 2.21. The molecule has 0 aliphatic carbocycles. The van der Waals surface area contributed by atoms with E-state index < -0.39 is 0 Å². The van der Waals surface area contributed by atoms with Crippen LogP contribution in [0.2, 0.25) is 0 Å². The normalized spacial score (nSPS) is 15.6. The summed E-state index contributed by atoms with van der Waals surface area (Å²) in [5, 5.41) is 4.15. The molecule has 0 saturated heterocycles. The molecule has 2 rings (SSSR count). The Balaban J connectivity index is 2.30. The van der Waals surface area contributed by atoms with Gasteiger partial charge in [-0.15, -0.1) is 0 Å². The smallest absolute Gasteiger partial charge is 0.227 e. The molecule has 0 radical (unpaired) electrons. The van der Waals surface area contributed by atoms with Crippen molar-refractivity contribution < 1.29 is 4.79 Å². The molecule has 0 spiro atoms. The first-order chi connectivity index (χ1) is 6.33. The number of fused-ring (bicyclic) bond motifs is 1. The van der Waals surface area contributed by atoms with Crippen LogP contribution in [-0.4, -0.2) is 22.2 Å². The summed E-state index contributed by atoms with van der Waals surface area (Å²) in [5.41, 5.74) is 0. The Bertz CT molecular complexity index is 318. The third kappa shape index (κ3) is 1.32. The molecule has 0 aromatic carbocycles. The molecule has 0 fully saturated rings. The van der Waals surface area contributed by atoms with E-state index in [1.165, 1.54) is 0 Å². The Morgan fingerprint density at radius 1 is 1.62 bits per heavy atom. The van der Waals surface area contributed by atoms with E-state index in [4.69, 9.17) is 0 Å². The Hall–Kier alpha value is -1.32. The van der Waals surface area contributed by atoms with Crippen LogP contribution in [0.5, 0.6) is 0 Å². The van der Waals surface area contributed by atoms with E-state index in [9.17, 15) is 4.79 Å². The zero-order valence-corrected chi connectivity index (χ0v) is 7.73. The highest BCUT2D eigenvalue weighted by Crippen LogP contribution is 2.19. The third-order valence-electron chi connectivity index (χ3n) is 2.33. The summed E-state index contributed by atoms with van der Waals surface area (Å²) in [6.45, 7) is 3.64. The third-order valence-corrected chi connectivity index (χ3v) is 2.33. The molecule has 0 saturated carbocycles. The summed E-state index contributed by atoms with van der Waals surface area (Å²) in [4.78, 5) is 13.3. The van der Waals surface area contributed by atoms with Gasteiger partial charge in [0.2, 0.25) is 5.91 Å². The number of aryl methyl sites for hydroxylation is 1. The average Bonchev–Trinajstić information content (AvgIpc) is 2.63. The van der Waals surface area contributed by atoms with E-state index in [0.29, 0.717) is 6.42 Å². The number of aromatic nitrogens is 2. The molecule has 0 N–H and O–H groups in total. The highest BCUT2D eigenvalue weighted by molar-refractivity contribution is 5.92. The van der Waals surface area contributed by atoms with Gasteiger partial charge in [-0.05, 0) is 6.42 Å². The predicted molar refractivity (Wildman–Crippen MR) is 49.5 cm³/mol. The molecule has 1 aromatic heterocycles. The van der Waals surface area contributed by atoms with Crippen LogP contribution >= 0.6 is 0 Å². The Kier molecular flexibility index (Phi) is 2.04. The number of anilines is 1. The van der Waals surface area contributed by atoms with Crippen molar-refractivity contribution in [3.8, 4) is 0 Å². The number of carbonyl (C=O) groups excluding carboxylic acids is 1. The summed E-state index contributed by atoms with van der Waals surface area (Å²) in [6.07, 6.45) is 3.31. The van der Waals surface area contributed by atoms with E-state index >= 15 is 0 Å². The standard InChI is InChI=1S/C9H13N3O/c1-2-9(13)11-6-3-7-12-8(11)4-5-10-12/h4-5H,2-3,6-7H2,1H3. The topological polar surface area (TPSA) is 38.1 Å². The second kappa shape index (κ2) is 3.20. The fourth-order valence-electron chi connectivity index (χ4n) is 1.66. The van der Waals surface area contributed by atoms with Crippen LogP contribution in [0.3, 0.4) is 0 Å². The van der Waals surface area contributed by atoms with Gasteiger partial charge in [0.05, 0.1) is 6.20 Å². The predicted octanol–water partition coefficient (Wildman–Crippen LogP) is 1.03. The number of amides is 1. The quantitative estimate of drug-likeness (QED) is 0.645. The van der Waals surface area contributed by atoms with Crippen molar-refractivity contribution in [1.82, 2.24) is 9.78 Å². The summed E-state index contributed by atoms with van der Waals surface area (Å²) < 4.78 is 1.89. The zero-order valence-electron chi connectivity index (χ0n) is 7.73. The molecule has 0 unspecified atom stereocenters. The molecular formula is C9H13N3O. The summed E-state index contributed by atoms with van der Waals surface area (Å²) in [5.74, 6) is 1.12. The van der Waals surface area contributed by atoms with Crippen LogP contribution in [0.4, 0.5) is 5.82 Å². The second-order valence-electron chi connectivity index (χ2n) is 3.17. The van der Waals surface area contributed by atoms with Gasteiger partial charge >= 0.3 is 0 Å². The van der Waals surface area contributed by atoms with Crippen LogP contribution in [0.25, 0.3) is 0 Å². The van der Waals surface area contributed by atoms with E-state index in [1.807, 2.05) is 22.6 Å². The molecule has 13 heavy (non-hydrogen) atoms. The Morgan fingerprint density at radius 3 is 3.23 bits per heavy atom. The molecule has 1 amide bonds. The van der Waals surface area contributed by atoms with Crippen LogP contribution < -0.4 is 4.90 Å². The highest BCUT2D eigenvalue weighted by atomic mass is 16.2. The van der Waals surface area contributed by atoms with Gasteiger partial charge in [-0.25, -0.2) is 4.68 Å².